The molecular weight excluding hydrogens is 300 g/mol. The molecule has 1 spiro atoms. The van der Waals surface area contributed by atoms with Gasteiger partial charge in [-0.05, 0) is 27.8 Å². The van der Waals surface area contributed by atoms with Gasteiger partial charge >= 0.3 is 6.09 Å². The summed E-state index contributed by atoms with van der Waals surface area (Å²) in [6.07, 6.45) is -0.400. The number of likely N-dealkylation sites (N-methyl/N-ethyl adjacent to an activating group) is 2. The maximum Gasteiger partial charge on any atom is 0.410 e. The van der Waals surface area contributed by atoms with Gasteiger partial charge in [0.05, 0.1) is 19.6 Å². The van der Waals surface area contributed by atoms with Gasteiger partial charge in [0.15, 0.2) is 0 Å². The highest BCUT2D eigenvalue weighted by Crippen LogP contribution is 2.32. The van der Waals surface area contributed by atoms with Crippen molar-refractivity contribution in [3.8, 4) is 0 Å². The molecule has 1 N–H and O–H groups in total. The third kappa shape index (κ3) is 3.41. The van der Waals surface area contributed by atoms with E-state index in [1.54, 1.807) is 11.9 Å². The summed E-state index contributed by atoms with van der Waals surface area (Å²) in [6.45, 7) is 7.35. The van der Waals surface area contributed by atoms with Crippen molar-refractivity contribution in [2.75, 3.05) is 46.8 Å². The van der Waals surface area contributed by atoms with Crippen molar-refractivity contribution in [3.63, 3.8) is 0 Å². The van der Waals surface area contributed by atoms with E-state index in [9.17, 15) is 14.4 Å². The molecule has 2 rings (SSSR count). The fourth-order valence-corrected chi connectivity index (χ4v) is 2.92. The zero-order valence-electron chi connectivity index (χ0n) is 14.5. The molecule has 0 aromatic rings. The number of rotatable bonds is 2. The Bertz CT molecular complexity index is 516. The van der Waals surface area contributed by atoms with Crippen molar-refractivity contribution in [3.05, 3.63) is 0 Å². The number of β-lactam (4-membered cyclic amide) rings is 1. The minimum atomic E-state index is -0.733. The van der Waals surface area contributed by atoms with Crippen LogP contribution in [0.3, 0.4) is 0 Å². The molecule has 0 aliphatic carbocycles. The zero-order chi connectivity index (χ0) is 17.4. The van der Waals surface area contributed by atoms with Crippen LogP contribution in [0.4, 0.5) is 4.79 Å². The van der Waals surface area contributed by atoms with Crippen LogP contribution >= 0.6 is 0 Å². The molecule has 8 heteroatoms. The molecule has 1 atom stereocenters. The Balaban J connectivity index is 2.03. The van der Waals surface area contributed by atoms with E-state index in [0.29, 0.717) is 26.2 Å². The number of nitrogens with zero attached hydrogens (tertiary/aromatic N) is 3. The van der Waals surface area contributed by atoms with Gasteiger partial charge < -0.3 is 19.9 Å². The minimum Gasteiger partial charge on any atom is -0.444 e. The molecule has 0 radical (unpaired) electrons. The van der Waals surface area contributed by atoms with Crippen LogP contribution in [-0.2, 0) is 14.3 Å². The van der Waals surface area contributed by atoms with Crippen LogP contribution in [-0.4, -0.2) is 90.6 Å². The predicted octanol–water partition coefficient (Wildman–Crippen LogP) is -0.504. The van der Waals surface area contributed by atoms with E-state index >= 15 is 0 Å². The van der Waals surface area contributed by atoms with Gasteiger partial charge in [-0.25, -0.2) is 4.79 Å². The summed E-state index contributed by atoms with van der Waals surface area (Å²) < 4.78 is 5.40. The van der Waals surface area contributed by atoms with Crippen LogP contribution in [0.5, 0.6) is 0 Å². The lowest BCUT2D eigenvalue weighted by atomic mass is 9.84. The Labute approximate surface area is 136 Å². The number of hydrogen-bond acceptors (Lipinski definition) is 5. The highest BCUT2D eigenvalue weighted by atomic mass is 16.6. The lowest BCUT2D eigenvalue weighted by Crippen LogP contribution is -2.80. The molecule has 8 nitrogen and oxygen atoms in total. The number of carbonyl (C=O) groups excluding carboxylic acids is 3. The first kappa shape index (κ1) is 17.5. The number of likely N-dealkylation sites (tertiary alicyclic amines) is 1. The predicted molar refractivity (Wildman–Crippen MR) is 83.8 cm³/mol. The van der Waals surface area contributed by atoms with Gasteiger partial charge in [-0.3, -0.25) is 14.5 Å². The first-order valence-corrected chi connectivity index (χ1v) is 7.78. The summed E-state index contributed by atoms with van der Waals surface area (Å²) >= 11 is 0. The number of carbonyl (C=O) groups is 3. The summed E-state index contributed by atoms with van der Waals surface area (Å²) in [5, 5.41) is 2.51. The maximum absolute atomic E-state index is 12.6. The Morgan fingerprint density at radius 1 is 1.26 bits per heavy atom. The van der Waals surface area contributed by atoms with Crippen LogP contribution in [0, 0.1) is 0 Å². The van der Waals surface area contributed by atoms with Crippen LogP contribution in [0.25, 0.3) is 0 Å². The molecule has 2 saturated heterocycles. The summed E-state index contributed by atoms with van der Waals surface area (Å²) in [4.78, 5) is 41.3. The van der Waals surface area contributed by atoms with Crippen LogP contribution in [0.15, 0.2) is 0 Å². The highest BCUT2D eigenvalue weighted by molar-refractivity contribution is 5.96. The average molecular weight is 326 g/mol. The van der Waals surface area contributed by atoms with E-state index in [2.05, 4.69) is 5.32 Å². The van der Waals surface area contributed by atoms with Crippen molar-refractivity contribution >= 4 is 17.9 Å². The number of piperazine rings is 1. The van der Waals surface area contributed by atoms with Gasteiger partial charge in [0.2, 0.25) is 11.8 Å². The van der Waals surface area contributed by atoms with E-state index in [1.165, 1.54) is 4.90 Å². The number of nitrogens with one attached hydrogen (secondary N) is 1. The maximum atomic E-state index is 12.6. The van der Waals surface area contributed by atoms with Crippen LogP contribution in [0.1, 0.15) is 20.8 Å². The van der Waals surface area contributed by atoms with Gasteiger partial charge in [-0.1, -0.05) is 0 Å². The Morgan fingerprint density at radius 3 is 2.43 bits per heavy atom. The number of ether oxygens (including phenoxy) is 1. The molecule has 2 aliphatic heterocycles. The van der Waals surface area contributed by atoms with Crippen LogP contribution in [0.2, 0.25) is 0 Å². The number of amides is 3. The second kappa shape index (κ2) is 5.99. The molecule has 2 heterocycles. The Morgan fingerprint density at radius 2 is 1.91 bits per heavy atom. The van der Waals surface area contributed by atoms with Gasteiger partial charge in [0.1, 0.15) is 11.1 Å². The third-order valence-electron chi connectivity index (χ3n) is 4.29. The normalized spacial score (nSPS) is 25.3. The van der Waals surface area contributed by atoms with Crippen LogP contribution < -0.4 is 5.32 Å². The first-order valence-electron chi connectivity index (χ1n) is 7.78. The first-order chi connectivity index (χ1) is 10.6. The second-order valence-electron chi connectivity index (χ2n) is 7.19. The molecule has 2 aliphatic rings. The lowest BCUT2D eigenvalue weighted by molar-refractivity contribution is -0.170. The quantitative estimate of drug-likeness (QED) is 0.692. The van der Waals surface area contributed by atoms with Crippen molar-refractivity contribution in [1.29, 1.82) is 0 Å². The molecule has 0 bridgehead atoms. The summed E-state index contributed by atoms with van der Waals surface area (Å²) in [7, 11) is 3.42. The summed E-state index contributed by atoms with van der Waals surface area (Å²) in [5.74, 6) is -0.312. The standard InChI is InChI=1S/C15H26N4O4/c1-14(2,3)23-13(22)18-7-6-17(5)15(9-18)10-19(12(15)21)8-11(20)16-4/h6-10H2,1-5H3,(H,16,20). The van der Waals surface area contributed by atoms with Crippen molar-refractivity contribution in [2.45, 2.75) is 31.9 Å². The Kier molecular flexibility index (Phi) is 4.57. The van der Waals surface area contributed by atoms with Gasteiger partial charge in [0, 0.05) is 20.1 Å². The molecule has 130 valence electrons. The van der Waals surface area contributed by atoms with Gasteiger partial charge in [0.25, 0.3) is 0 Å². The van der Waals surface area contributed by atoms with E-state index in [4.69, 9.17) is 4.74 Å². The SMILES string of the molecule is CNC(=O)CN1CC2(CN(C(=O)OC(C)(C)C)CCN2C)C1=O. The van der Waals surface area contributed by atoms with E-state index < -0.39 is 17.2 Å². The molecular formula is C15H26N4O4. The van der Waals surface area contributed by atoms with E-state index in [-0.39, 0.29) is 18.4 Å². The fraction of sp³-hybridized carbons (Fsp3) is 0.800. The summed E-state index contributed by atoms with van der Waals surface area (Å²) in [6, 6.07) is 0. The second-order valence-corrected chi connectivity index (χ2v) is 7.19. The molecule has 0 aromatic heterocycles. The summed E-state index contributed by atoms with van der Waals surface area (Å²) in [5.41, 5.74) is -1.30. The van der Waals surface area contributed by atoms with Crippen molar-refractivity contribution in [2.24, 2.45) is 0 Å². The topological polar surface area (TPSA) is 82.2 Å². The molecule has 0 saturated carbocycles. The lowest BCUT2D eigenvalue weighted by Gasteiger charge is -2.57. The largest absolute Gasteiger partial charge is 0.444 e. The molecule has 23 heavy (non-hydrogen) atoms. The zero-order valence-corrected chi connectivity index (χ0v) is 14.5. The monoisotopic (exact) mass is 326 g/mol. The highest BCUT2D eigenvalue weighted by Gasteiger charge is 2.58. The smallest absolute Gasteiger partial charge is 0.410 e. The van der Waals surface area contributed by atoms with E-state index in [0.717, 1.165) is 0 Å². The van der Waals surface area contributed by atoms with Gasteiger partial charge in [-0.15, -0.1) is 0 Å². The fourth-order valence-electron chi connectivity index (χ4n) is 2.92. The molecule has 0 aromatic carbocycles. The minimum absolute atomic E-state index is 0.0529. The Hall–Kier alpha value is -1.83. The van der Waals surface area contributed by atoms with Crippen molar-refractivity contribution in [1.82, 2.24) is 20.0 Å². The van der Waals surface area contributed by atoms with Gasteiger partial charge in [-0.2, -0.15) is 0 Å². The average Bonchev–Trinajstić information content (AvgIpc) is 2.46. The van der Waals surface area contributed by atoms with Crippen molar-refractivity contribution < 1.29 is 19.1 Å². The molecule has 3 amide bonds. The van der Waals surface area contributed by atoms with E-state index in [1.807, 2.05) is 32.7 Å². The molecule has 2 fully saturated rings. The molecule has 1 unspecified atom stereocenters. The third-order valence-corrected chi connectivity index (χ3v) is 4.29. The number of hydrogen-bond donors (Lipinski definition) is 1.